The SMILES string of the molecule is CN=CCc1cccc(C)c1. The molecule has 0 spiro atoms. The highest BCUT2D eigenvalue weighted by molar-refractivity contribution is 5.61. The van der Waals surface area contributed by atoms with Crippen molar-refractivity contribution in [2.45, 2.75) is 13.3 Å². The third kappa shape index (κ3) is 2.54. The highest BCUT2D eigenvalue weighted by atomic mass is 14.6. The Hall–Kier alpha value is -1.11. The van der Waals surface area contributed by atoms with Crippen LogP contribution in [0.25, 0.3) is 0 Å². The molecule has 0 fully saturated rings. The second kappa shape index (κ2) is 3.91. The zero-order chi connectivity index (χ0) is 8.10. The standard InChI is InChI=1S/C10H13N/c1-9-4-3-5-10(8-9)6-7-11-2/h3-5,7-8H,6H2,1-2H3. The van der Waals surface area contributed by atoms with E-state index in [0.717, 1.165) is 6.42 Å². The van der Waals surface area contributed by atoms with Gasteiger partial charge in [0.05, 0.1) is 0 Å². The van der Waals surface area contributed by atoms with Crippen molar-refractivity contribution in [1.29, 1.82) is 0 Å². The first-order valence-electron chi connectivity index (χ1n) is 3.79. The second-order valence-electron chi connectivity index (χ2n) is 2.63. The zero-order valence-corrected chi connectivity index (χ0v) is 7.04. The van der Waals surface area contributed by atoms with Crippen LogP contribution in [0.5, 0.6) is 0 Å². The van der Waals surface area contributed by atoms with Crippen molar-refractivity contribution in [2.24, 2.45) is 4.99 Å². The predicted octanol–water partition coefficient (Wildman–Crippen LogP) is 2.24. The van der Waals surface area contributed by atoms with Crippen molar-refractivity contribution in [2.75, 3.05) is 7.05 Å². The summed E-state index contributed by atoms with van der Waals surface area (Å²) in [5.41, 5.74) is 2.64. The van der Waals surface area contributed by atoms with Crippen LogP contribution in [-0.2, 0) is 6.42 Å². The lowest BCUT2D eigenvalue weighted by molar-refractivity contribution is 1.30. The van der Waals surface area contributed by atoms with Crippen LogP contribution in [0.15, 0.2) is 29.3 Å². The van der Waals surface area contributed by atoms with Crippen LogP contribution in [0.4, 0.5) is 0 Å². The van der Waals surface area contributed by atoms with Gasteiger partial charge in [-0.05, 0) is 12.5 Å². The fraction of sp³-hybridized carbons (Fsp3) is 0.300. The molecule has 0 saturated carbocycles. The summed E-state index contributed by atoms with van der Waals surface area (Å²) in [7, 11) is 1.80. The highest BCUT2D eigenvalue weighted by Gasteiger charge is 1.88. The van der Waals surface area contributed by atoms with Crippen LogP contribution in [0.2, 0.25) is 0 Å². The number of nitrogens with zero attached hydrogens (tertiary/aromatic N) is 1. The van der Waals surface area contributed by atoms with Gasteiger partial charge in [0.25, 0.3) is 0 Å². The fourth-order valence-corrected chi connectivity index (χ4v) is 1.04. The first kappa shape index (κ1) is 7.99. The largest absolute Gasteiger partial charge is 0.301 e. The van der Waals surface area contributed by atoms with Crippen LogP contribution in [0.3, 0.4) is 0 Å². The molecule has 11 heavy (non-hydrogen) atoms. The molecule has 0 heterocycles. The first-order valence-corrected chi connectivity index (χ1v) is 3.79. The monoisotopic (exact) mass is 147 g/mol. The summed E-state index contributed by atoms with van der Waals surface area (Å²) in [6.07, 6.45) is 2.87. The van der Waals surface area contributed by atoms with Crippen LogP contribution in [0.1, 0.15) is 11.1 Å². The maximum atomic E-state index is 3.94. The summed E-state index contributed by atoms with van der Waals surface area (Å²) in [6, 6.07) is 8.48. The number of hydrogen-bond donors (Lipinski definition) is 0. The summed E-state index contributed by atoms with van der Waals surface area (Å²) in [4.78, 5) is 3.94. The van der Waals surface area contributed by atoms with Crippen LogP contribution < -0.4 is 0 Å². The van der Waals surface area contributed by atoms with Crippen molar-refractivity contribution in [1.82, 2.24) is 0 Å². The Kier molecular flexibility index (Phi) is 2.84. The topological polar surface area (TPSA) is 12.4 Å². The van der Waals surface area contributed by atoms with Gasteiger partial charge in [0.15, 0.2) is 0 Å². The van der Waals surface area contributed by atoms with E-state index >= 15 is 0 Å². The van der Waals surface area contributed by atoms with Crippen molar-refractivity contribution in [3.8, 4) is 0 Å². The molecule has 1 nitrogen and oxygen atoms in total. The quantitative estimate of drug-likeness (QED) is 0.569. The lowest BCUT2D eigenvalue weighted by Crippen LogP contribution is -1.85. The van der Waals surface area contributed by atoms with Gasteiger partial charge in [-0.25, -0.2) is 0 Å². The van der Waals surface area contributed by atoms with Gasteiger partial charge in [-0.1, -0.05) is 29.8 Å². The van der Waals surface area contributed by atoms with Crippen LogP contribution in [0, 0.1) is 6.92 Å². The molecular weight excluding hydrogens is 134 g/mol. The Morgan fingerprint density at radius 3 is 2.91 bits per heavy atom. The molecule has 0 amide bonds. The van der Waals surface area contributed by atoms with Gasteiger partial charge in [-0.3, -0.25) is 0 Å². The average molecular weight is 147 g/mol. The van der Waals surface area contributed by atoms with E-state index in [-0.39, 0.29) is 0 Å². The van der Waals surface area contributed by atoms with Gasteiger partial charge in [0.1, 0.15) is 0 Å². The molecule has 1 heteroatoms. The van der Waals surface area contributed by atoms with Crippen molar-refractivity contribution < 1.29 is 0 Å². The minimum absolute atomic E-state index is 0.943. The Morgan fingerprint density at radius 2 is 2.27 bits per heavy atom. The molecule has 0 unspecified atom stereocenters. The Labute approximate surface area is 67.8 Å². The van der Waals surface area contributed by atoms with Gasteiger partial charge in [-0.2, -0.15) is 0 Å². The molecule has 0 saturated heterocycles. The highest BCUT2D eigenvalue weighted by Crippen LogP contribution is 2.02. The van der Waals surface area contributed by atoms with Gasteiger partial charge in [0, 0.05) is 19.7 Å². The molecule has 1 aromatic carbocycles. The maximum Gasteiger partial charge on any atom is 0.0273 e. The lowest BCUT2D eigenvalue weighted by atomic mass is 10.1. The number of aryl methyl sites for hydroxylation is 1. The van der Waals surface area contributed by atoms with Crippen LogP contribution in [-0.4, -0.2) is 13.3 Å². The van der Waals surface area contributed by atoms with E-state index in [1.807, 2.05) is 6.21 Å². The van der Waals surface area contributed by atoms with Gasteiger partial charge < -0.3 is 4.99 Å². The average Bonchev–Trinajstić information content (AvgIpc) is 2.01. The molecule has 1 aromatic rings. The predicted molar refractivity (Wildman–Crippen MR) is 49.3 cm³/mol. The molecular formula is C10H13N. The molecule has 0 atom stereocenters. The van der Waals surface area contributed by atoms with E-state index in [1.54, 1.807) is 7.05 Å². The molecule has 0 N–H and O–H groups in total. The second-order valence-corrected chi connectivity index (χ2v) is 2.63. The van der Waals surface area contributed by atoms with Gasteiger partial charge in [0.2, 0.25) is 0 Å². The molecule has 0 aliphatic heterocycles. The molecule has 1 rings (SSSR count). The molecule has 0 aliphatic carbocycles. The molecule has 0 aliphatic rings. The molecule has 0 bridgehead atoms. The van der Waals surface area contributed by atoms with E-state index in [0.29, 0.717) is 0 Å². The number of rotatable bonds is 2. The minimum atomic E-state index is 0.943. The smallest absolute Gasteiger partial charge is 0.0273 e. The summed E-state index contributed by atoms with van der Waals surface area (Å²) < 4.78 is 0. The number of aliphatic imine (C=N–C) groups is 1. The number of hydrogen-bond acceptors (Lipinski definition) is 1. The van der Waals surface area contributed by atoms with E-state index < -0.39 is 0 Å². The first-order chi connectivity index (χ1) is 5.33. The van der Waals surface area contributed by atoms with E-state index in [1.165, 1.54) is 11.1 Å². The van der Waals surface area contributed by atoms with Crippen molar-refractivity contribution >= 4 is 6.21 Å². The molecule has 0 radical (unpaired) electrons. The summed E-state index contributed by atoms with van der Waals surface area (Å²) >= 11 is 0. The Balaban J connectivity index is 2.71. The van der Waals surface area contributed by atoms with E-state index in [2.05, 4.69) is 36.2 Å². The Morgan fingerprint density at radius 1 is 1.45 bits per heavy atom. The van der Waals surface area contributed by atoms with Crippen LogP contribution >= 0.6 is 0 Å². The summed E-state index contributed by atoms with van der Waals surface area (Å²) in [5.74, 6) is 0. The van der Waals surface area contributed by atoms with E-state index in [4.69, 9.17) is 0 Å². The molecule has 0 aromatic heterocycles. The van der Waals surface area contributed by atoms with Crippen molar-refractivity contribution in [3.63, 3.8) is 0 Å². The van der Waals surface area contributed by atoms with Crippen molar-refractivity contribution in [3.05, 3.63) is 35.4 Å². The van der Waals surface area contributed by atoms with Gasteiger partial charge >= 0.3 is 0 Å². The summed E-state index contributed by atoms with van der Waals surface area (Å²) in [5, 5.41) is 0. The fourth-order valence-electron chi connectivity index (χ4n) is 1.04. The zero-order valence-electron chi connectivity index (χ0n) is 7.04. The van der Waals surface area contributed by atoms with E-state index in [9.17, 15) is 0 Å². The normalized spacial score (nSPS) is 10.7. The lowest BCUT2D eigenvalue weighted by Gasteiger charge is -1.96. The third-order valence-corrected chi connectivity index (χ3v) is 1.59. The summed E-state index contributed by atoms with van der Waals surface area (Å²) in [6.45, 7) is 2.10. The minimum Gasteiger partial charge on any atom is -0.301 e. The molecule has 58 valence electrons. The Bertz CT molecular complexity index is 251. The maximum absolute atomic E-state index is 3.94. The third-order valence-electron chi connectivity index (χ3n) is 1.59. The number of benzene rings is 1. The van der Waals surface area contributed by atoms with Gasteiger partial charge in [-0.15, -0.1) is 0 Å².